The molecule has 0 saturated heterocycles. The first-order valence-corrected chi connectivity index (χ1v) is 5.56. The lowest BCUT2D eigenvalue weighted by Gasteiger charge is -2.20. The van der Waals surface area contributed by atoms with Gasteiger partial charge in [0.2, 0.25) is 0 Å². The van der Waals surface area contributed by atoms with Gasteiger partial charge in [-0.15, -0.1) is 0 Å². The Bertz CT molecular complexity index is 437. The maximum atomic E-state index is 12.9. The zero-order valence-electron chi connectivity index (χ0n) is 10.0. The van der Waals surface area contributed by atoms with Crippen molar-refractivity contribution >= 4 is 17.7 Å². The maximum absolute atomic E-state index is 12.9. The number of halogens is 1. The van der Waals surface area contributed by atoms with E-state index in [1.54, 1.807) is 13.0 Å². The molecule has 98 valence electrons. The molecule has 2 N–H and O–H groups in total. The Morgan fingerprint density at radius 2 is 2.17 bits per heavy atom. The van der Waals surface area contributed by atoms with Crippen molar-refractivity contribution in [2.24, 2.45) is 0 Å². The molecule has 5 nitrogen and oxygen atoms in total. The van der Waals surface area contributed by atoms with Gasteiger partial charge in [-0.1, -0.05) is 6.07 Å². The molecule has 0 unspecified atom stereocenters. The summed E-state index contributed by atoms with van der Waals surface area (Å²) in [6.07, 6.45) is -0.121. The number of carbonyl (C=O) groups is 2. The van der Waals surface area contributed by atoms with Crippen LogP contribution in [0.25, 0.3) is 0 Å². The van der Waals surface area contributed by atoms with E-state index in [1.807, 2.05) is 0 Å². The molecule has 1 rings (SSSR count). The van der Waals surface area contributed by atoms with Crippen LogP contribution in [0.3, 0.4) is 0 Å². The summed E-state index contributed by atoms with van der Waals surface area (Å²) >= 11 is 0. The number of carbonyl (C=O) groups excluding carboxylic acids is 1. The fourth-order valence-corrected chi connectivity index (χ4v) is 1.40. The predicted molar refractivity (Wildman–Crippen MR) is 64.9 cm³/mol. The molecule has 0 radical (unpaired) electrons. The summed E-state index contributed by atoms with van der Waals surface area (Å²) < 4.78 is 12.9. The first-order chi connectivity index (χ1) is 8.52. The van der Waals surface area contributed by atoms with Gasteiger partial charge in [-0.2, -0.15) is 0 Å². The summed E-state index contributed by atoms with van der Waals surface area (Å²) in [5.74, 6) is -1.41. The summed E-state index contributed by atoms with van der Waals surface area (Å²) in [5, 5.41) is 11.1. The molecule has 1 aromatic rings. The van der Waals surface area contributed by atoms with Crippen molar-refractivity contribution in [2.45, 2.75) is 13.3 Å². The Balaban J connectivity index is 2.59. The summed E-state index contributed by atoms with van der Waals surface area (Å²) in [6, 6.07) is 5.08. The Kier molecular flexibility index (Phi) is 5.10. The van der Waals surface area contributed by atoms with E-state index in [-0.39, 0.29) is 13.0 Å². The number of carboxylic acids is 1. The van der Waals surface area contributed by atoms with E-state index in [2.05, 4.69) is 5.32 Å². The standard InChI is InChI=1S/C12H15FN2O3/c1-2-15(7-6-11(16)17)12(18)14-10-5-3-4-9(13)8-10/h3-5,8H,2,6-7H2,1H3,(H,14,18)(H,16,17). The number of urea groups is 1. The van der Waals surface area contributed by atoms with Crippen LogP contribution in [0, 0.1) is 5.82 Å². The molecular formula is C12H15FN2O3. The monoisotopic (exact) mass is 254 g/mol. The minimum atomic E-state index is -0.966. The van der Waals surface area contributed by atoms with E-state index in [0.717, 1.165) is 0 Å². The molecule has 0 aliphatic heterocycles. The molecule has 18 heavy (non-hydrogen) atoms. The second-order valence-electron chi connectivity index (χ2n) is 3.66. The molecule has 0 aliphatic carbocycles. The average molecular weight is 254 g/mol. The molecule has 0 saturated carbocycles. The van der Waals surface area contributed by atoms with Crippen molar-refractivity contribution in [3.63, 3.8) is 0 Å². The number of amides is 2. The number of carboxylic acid groups (broad SMARTS) is 1. The zero-order valence-corrected chi connectivity index (χ0v) is 10.0. The lowest BCUT2D eigenvalue weighted by Crippen LogP contribution is -2.36. The number of hydrogen-bond donors (Lipinski definition) is 2. The number of aliphatic carboxylic acids is 1. The van der Waals surface area contributed by atoms with Gasteiger partial charge in [0.1, 0.15) is 5.82 Å². The van der Waals surface area contributed by atoms with Gasteiger partial charge in [0.05, 0.1) is 6.42 Å². The average Bonchev–Trinajstić information content (AvgIpc) is 2.29. The van der Waals surface area contributed by atoms with E-state index >= 15 is 0 Å². The highest BCUT2D eigenvalue weighted by molar-refractivity contribution is 5.89. The number of nitrogens with zero attached hydrogens (tertiary/aromatic N) is 1. The fourth-order valence-electron chi connectivity index (χ4n) is 1.40. The zero-order chi connectivity index (χ0) is 13.5. The van der Waals surface area contributed by atoms with Gasteiger partial charge in [0, 0.05) is 18.8 Å². The van der Waals surface area contributed by atoms with Crippen molar-refractivity contribution < 1.29 is 19.1 Å². The van der Waals surface area contributed by atoms with Crippen molar-refractivity contribution in [1.29, 1.82) is 0 Å². The Hall–Kier alpha value is -2.11. The summed E-state index contributed by atoms with van der Waals surface area (Å²) in [5.41, 5.74) is 0.341. The third-order valence-electron chi connectivity index (χ3n) is 2.34. The van der Waals surface area contributed by atoms with Crippen LogP contribution in [0.2, 0.25) is 0 Å². The third-order valence-corrected chi connectivity index (χ3v) is 2.34. The van der Waals surface area contributed by atoms with Crippen LogP contribution >= 0.6 is 0 Å². The maximum Gasteiger partial charge on any atom is 0.321 e. The minimum Gasteiger partial charge on any atom is -0.481 e. The van der Waals surface area contributed by atoms with Crippen LogP contribution in [-0.4, -0.2) is 35.1 Å². The predicted octanol–water partition coefficient (Wildman–Crippen LogP) is 2.15. The van der Waals surface area contributed by atoms with Gasteiger partial charge >= 0.3 is 12.0 Å². The van der Waals surface area contributed by atoms with Crippen LogP contribution in [0.15, 0.2) is 24.3 Å². The van der Waals surface area contributed by atoms with Crippen molar-refractivity contribution in [3.8, 4) is 0 Å². The Morgan fingerprint density at radius 1 is 1.44 bits per heavy atom. The second-order valence-corrected chi connectivity index (χ2v) is 3.66. The SMILES string of the molecule is CCN(CCC(=O)O)C(=O)Nc1cccc(F)c1. The van der Waals surface area contributed by atoms with Crippen LogP contribution < -0.4 is 5.32 Å². The molecule has 0 spiro atoms. The second kappa shape index (κ2) is 6.58. The van der Waals surface area contributed by atoms with Gasteiger partial charge in [-0.05, 0) is 25.1 Å². The van der Waals surface area contributed by atoms with Gasteiger partial charge in [-0.25, -0.2) is 9.18 Å². The Labute approximate surface area is 104 Å². The molecule has 6 heteroatoms. The van der Waals surface area contributed by atoms with Crippen LogP contribution in [0.5, 0.6) is 0 Å². The van der Waals surface area contributed by atoms with Crippen LogP contribution in [0.1, 0.15) is 13.3 Å². The molecule has 0 fully saturated rings. The number of anilines is 1. The highest BCUT2D eigenvalue weighted by Crippen LogP contribution is 2.10. The summed E-state index contributed by atoms with van der Waals surface area (Å²) in [7, 11) is 0. The third kappa shape index (κ3) is 4.40. The smallest absolute Gasteiger partial charge is 0.321 e. The topological polar surface area (TPSA) is 69.6 Å². The fraction of sp³-hybridized carbons (Fsp3) is 0.333. The van der Waals surface area contributed by atoms with E-state index in [9.17, 15) is 14.0 Å². The van der Waals surface area contributed by atoms with E-state index in [0.29, 0.717) is 12.2 Å². The quantitative estimate of drug-likeness (QED) is 0.845. The van der Waals surface area contributed by atoms with Crippen molar-refractivity contribution in [3.05, 3.63) is 30.1 Å². The molecule has 0 heterocycles. The van der Waals surface area contributed by atoms with Crippen molar-refractivity contribution in [1.82, 2.24) is 4.90 Å². The molecule has 0 atom stereocenters. The highest BCUT2D eigenvalue weighted by Gasteiger charge is 2.13. The van der Waals surface area contributed by atoms with Gasteiger partial charge < -0.3 is 15.3 Å². The summed E-state index contributed by atoms with van der Waals surface area (Å²) in [6.45, 7) is 2.24. The van der Waals surface area contributed by atoms with Crippen LogP contribution in [0.4, 0.5) is 14.9 Å². The lowest BCUT2D eigenvalue weighted by atomic mass is 10.3. The molecule has 2 amide bonds. The molecule has 0 aliphatic rings. The molecule has 0 aromatic heterocycles. The van der Waals surface area contributed by atoms with Gasteiger partial charge in [0.15, 0.2) is 0 Å². The van der Waals surface area contributed by atoms with E-state index in [1.165, 1.54) is 23.1 Å². The largest absolute Gasteiger partial charge is 0.481 e. The summed E-state index contributed by atoms with van der Waals surface area (Å²) in [4.78, 5) is 23.6. The number of rotatable bonds is 5. The number of nitrogens with one attached hydrogen (secondary N) is 1. The lowest BCUT2D eigenvalue weighted by molar-refractivity contribution is -0.137. The van der Waals surface area contributed by atoms with Gasteiger partial charge in [-0.3, -0.25) is 4.79 Å². The first-order valence-electron chi connectivity index (χ1n) is 5.56. The van der Waals surface area contributed by atoms with E-state index < -0.39 is 17.8 Å². The normalized spacial score (nSPS) is 9.89. The number of hydrogen-bond acceptors (Lipinski definition) is 2. The first kappa shape index (κ1) is 14.0. The van der Waals surface area contributed by atoms with E-state index in [4.69, 9.17) is 5.11 Å². The van der Waals surface area contributed by atoms with Crippen LogP contribution in [-0.2, 0) is 4.79 Å². The number of benzene rings is 1. The van der Waals surface area contributed by atoms with Gasteiger partial charge in [0.25, 0.3) is 0 Å². The minimum absolute atomic E-state index is 0.118. The van der Waals surface area contributed by atoms with Crippen molar-refractivity contribution in [2.75, 3.05) is 18.4 Å². The Morgan fingerprint density at radius 3 is 2.72 bits per heavy atom. The molecule has 0 bridgehead atoms. The molecule has 1 aromatic carbocycles. The highest BCUT2D eigenvalue weighted by atomic mass is 19.1. The molecular weight excluding hydrogens is 239 g/mol.